The molecule has 0 radical (unpaired) electrons. The number of nitro benzene ring substituents is 2. The molecule has 0 aromatic heterocycles. The van der Waals surface area contributed by atoms with E-state index in [1.54, 1.807) is 18.2 Å². The number of non-ortho nitro benzene ring substituents is 1. The minimum absolute atomic E-state index is 0.0785. The minimum Gasteiger partial charge on any atom is -0.322 e. The van der Waals surface area contributed by atoms with Gasteiger partial charge >= 0.3 is 0 Å². The Labute approximate surface area is 137 Å². The summed E-state index contributed by atoms with van der Waals surface area (Å²) in [5.74, 6) is -0.632. The van der Waals surface area contributed by atoms with E-state index in [4.69, 9.17) is 0 Å². The molecule has 124 valence electrons. The summed E-state index contributed by atoms with van der Waals surface area (Å²) in [5.41, 5.74) is 0.548. The molecule has 0 spiro atoms. The van der Waals surface area contributed by atoms with Gasteiger partial charge in [0.2, 0.25) is 0 Å². The van der Waals surface area contributed by atoms with Crippen LogP contribution in [0.2, 0.25) is 0 Å². The van der Waals surface area contributed by atoms with Crippen molar-refractivity contribution in [3.8, 4) is 0 Å². The highest BCUT2D eigenvalue weighted by molar-refractivity contribution is 6.06. The fourth-order valence-corrected chi connectivity index (χ4v) is 2.28. The van der Waals surface area contributed by atoms with E-state index in [1.165, 1.54) is 6.92 Å². The molecule has 2 aromatic rings. The van der Waals surface area contributed by atoms with Gasteiger partial charge in [0.1, 0.15) is 0 Å². The minimum atomic E-state index is -0.763. The van der Waals surface area contributed by atoms with Crippen molar-refractivity contribution in [1.82, 2.24) is 0 Å². The Morgan fingerprint density at radius 2 is 1.83 bits per heavy atom. The Bertz CT molecular complexity index is 832. The van der Waals surface area contributed by atoms with Crippen molar-refractivity contribution in [1.29, 1.82) is 0 Å². The Morgan fingerprint density at radius 3 is 2.42 bits per heavy atom. The number of carbonyl (C=O) groups excluding carboxylic acids is 1. The Hall–Kier alpha value is -3.29. The van der Waals surface area contributed by atoms with Crippen LogP contribution in [0.15, 0.2) is 36.4 Å². The van der Waals surface area contributed by atoms with Gasteiger partial charge < -0.3 is 5.32 Å². The lowest BCUT2D eigenvalue weighted by molar-refractivity contribution is -0.394. The van der Waals surface area contributed by atoms with Crippen LogP contribution in [0.4, 0.5) is 17.1 Å². The molecule has 0 saturated heterocycles. The van der Waals surface area contributed by atoms with Crippen molar-refractivity contribution in [2.45, 2.75) is 20.3 Å². The Balaban J connectivity index is 2.44. The van der Waals surface area contributed by atoms with Crippen LogP contribution in [-0.2, 0) is 6.42 Å². The van der Waals surface area contributed by atoms with Gasteiger partial charge in [0, 0.05) is 17.3 Å². The largest absolute Gasteiger partial charge is 0.322 e. The lowest BCUT2D eigenvalue weighted by Crippen LogP contribution is -2.15. The number of amides is 1. The quantitative estimate of drug-likeness (QED) is 0.664. The van der Waals surface area contributed by atoms with Gasteiger partial charge in [-0.1, -0.05) is 19.1 Å². The van der Waals surface area contributed by atoms with Crippen molar-refractivity contribution in [3.05, 3.63) is 73.3 Å². The summed E-state index contributed by atoms with van der Waals surface area (Å²) in [6.45, 7) is 3.36. The van der Waals surface area contributed by atoms with Gasteiger partial charge in [0.15, 0.2) is 0 Å². The first-order chi connectivity index (χ1) is 11.3. The number of hydrogen-bond donors (Lipinski definition) is 1. The fraction of sp³-hybridized carbons (Fsp3) is 0.188. The highest BCUT2D eigenvalue weighted by atomic mass is 16.6. The molecule has 0 saturated carbocycles. The monoisotopic (exact) mass is 329 g/mol. The number of anilines is 1. The molecular weight excluding hydrogens is 314 g/mol. The molecule has 0 aliphatic carbocycles. The first-order valence-corrected chi connectivity index (χ1v) is 7.17. The molecule has 2 aromatic carbocycles. The van der Waals surface area contributed by atoms with Crippen LogP contribution in [0.5, 0.6) is 0 Å². The van der Waals surface area contributed by atoms with Gasteiger partial charge in [-0.15, -0.1) is 0 Å². The maximum absolute atomic E-state index is 12.4. The molecule has 0 fully saturated rings. The van der Waals surface area contributed by atoms with E-state index in [1.807, 2.05) is 13.0 Å². The molecule has 2 rings (SSSR count). The number of nitrogens with one attached hydrogen (secondary N) is 1. The molecule has 0 aliphatic rings. The average Bonchev–Trinajstić information content (AvgIpc) is 2.54. The summed E-state index contributed by atoms with van der Waals surface area (Å²) in [7, 11) is 0. The maximum atomic E-state index is 12.4. The lowest BCUT2D eigenvalue weighted by atomic mass is 10.0. The predicted octanol–water partition coefficient (Wildman–Crippen LogP) is 3.63. The Morgan fingerprint density at radius 1 is 1.12 bits per heavy atom. The summed E-state index contributed by atoms with van der Waals surface area (Å²) in [4.78, 5) is 32.9. The van der Waals surface area contributed by atoms with Gasteiger partial charge in [-0.05, 0) is 31.0 Å². The molecule has 1 N–H and O–H groups in total. The number of carbonyl (C=O) groups is 1. The van der Waals surface area contributed by atoms with Gasteiger partial charge in [-0.25, -0.2) is 0 Å². The topological polar surface area (TPSA) is 115 Å². The van der Waals surface area contributed by atoms with E-state index >= 15 is 0 Å². The van der Waals surface area contributed by atoms with E-state index in [2.05, 4.69) is 5.32 Å². The number of rotatable bonds is 5. The van der Waals surface area contributed by atoms with Crippen LogP contribution in [0.25, 0.3) is 0 Å². The van der Waals surface area contributed by atoms with Crippen LogP contribution in [0, 0.1) is 27.2 Å². The third-order valence-corrected chi connectivity index (χ3v) is 3.61. The smallest absolute Gasteiger partial charge is 0.279 e. The second-order valence-corrected chi connectivity index (χ2v) is 5.16. The van der Waals surface area contributed by atoms with Crippen molar-refractivity contribution >= 4 is 23.0 Å². The summed E-state index contributed by atoms with van der Waals surface area (Å²) in [6, 6.07) is 9.03. The molecule has 0 atom stereocenters. The number of benzene rings is 2. The summed E-state index contributed by atoms with van der Waals surface area (Å²) in [6.07, 6.45) is 0.783. The van der Waals surface area contributed by atoms with E-state index < -0.39 is 27.1 Å². The van der Waals surface area contributed by atoms with E-state index in [9.17, 15) is 25.0 Å². The number of hydrogen-bond acceptors (Lipinski definition) is 5. The molecule has 1 amide bonds. The van der Waals surface area contributed by atoms with E-state index in [-0.39, 0.29) is 11.1 Å². The summed E-state index contributed by atoms with van der Waals surface area (Å²) >= 11 is 0. The standard InChI is InChI=1S/C16H15N3O5/c1-3-11-5-4-6-12(7-11)17-16(20)14-8-13(18(21)22)9-15(10(14)2)19(23)24/h4-9H,3H2,1-2H3,(H,17,20). The first-order valence-electron chi connectivity index (χ1n) is 7.17. The van der Waals surface area contributed by atoms with Crippen molar-refractivity contribution < 1.29 is 14.6 Å². The number of nitro groups is 2. The van der Waals surface area contributed by atoms with Gasteiger partial charge in [-0.3, -0.25) is 25.0 Å². The van der Waals surface area contributed by atoms with Crippen molar-refractivity contribution in [3.63, 3.8) is 0 Å². The van der Waals surface area contributed by atoms with E-state index in [0.29, 0.717) is 5.69 Å². The zero-order chi connectivity index (χ0) is 17.9. The van der Waals surface area contributed by atoms with E-state index in [0.717, 1.165) is 24.1 Å². The zero-order valence-corrected chi connectivity index (χ0v) is 13.1. The highest BCUT2D eigenvalue weighted by Crippen LogP contribution is 2.28. The van der Waals surface area contributed by atoms with Crippen LogP contribution in [-0.4, -0.2) is 15.8 Å². The normalized spacial score (nSPS) is 10.2. The third kappa shape index (κ3) is 3.54. The molecular formula is C16H15N3O5. The van der Waals surface area contributed by atoms with Gasteiger partial charge in [0.25, 0.3) is 17.3 Å². The zero-order valence-electron chi connectivity index (χ0n) is 13.1. The third-order valence-electron chi connectivity index (χ3n) is 3.61. The summed E-state index contributed by atoms with van der Waals surface area (Å²) < 4.78 is 0. The van der Waals surface area contributed by atoms with Crippen LogP contribution in [0.3, 0.4) is 0 Å². The number of nitrogens with zero attached hydrogens (tertiary/aromatic N) is 2. The molecule has 24 heavy (non-hydrogen) atoms. The lowest BCUT2D eigenvalue weighted by Gasteiger charge is -2.09. The molecule has 8 heteroatoms. The average molecular weight is 329 g/mol. The second-order valence-electron chi connectivity index (χ2n) is 5.16. The fourth-order valence-electron chi connectivity index (χ4n) is 2.28. The number of aryl methyl sites for hydroxylation is 1. The highest BCUT2D eigenvalue weighted by Gasteiger charge is 2.24. The Kier molecular flexibility index (Phi) is 4.88. The molecule has 0 unspecified atom stereocenters. The predicted molar refractivity (Wildman–Crippen MR) is 88.3 cm³/mol. The van der Waals surface area contributed by atoms with Crippen LogP contribution in [0.1, 0.15) is 28.4 Å². The van der Waals surface area contributed by atoms with Crippen LogP contribution >= 0.6 is 0 Å². The molecule has 0 heterocycles. The van der Waals surface area contributed by atoms with Crippen molar-refractivity contribution in [2.24, 2.45) is 0 Å². The van der Waals surface area contributed by atoms with Gasteiger partial charge in [0.05, 0.1) is 21.5 Å². The maximum Gasteiger partial charge on any atom is 0.279 e. The van der Waals surface area contributed by atoms with Crippen LogP contribution < -0.4 is 5.32 Å². The van der Waals surface area contributed by atoms with Gasteiger partial charge in [-0.2, -0.15) is 0 Å². The van der Waals surface area contributed by atoms with Crippen molar-refractivity contribution in [2.75, 3.05) is 5.32 Å². The summed E-state index contributed by atoms with van der Waals surface area (Å²) in [5, 5.41) is 24.6. The molecule has 8 nitrogen and oxygen atoms in total. The molecule has 0 aliphatic heterocycles. The SMILES string of the molecule is CCc1cccc(NC(=O)c2cc([N+](=O)[O-])cc([N+](=O)[O-])c2C)c1. The molecule has 0 bridgehead atoms. The first kappa shape index (κ1) is 17.1. The second kappa shape index (κ2) is 6.86.